The van der Waals surface area contributed by atoms with Crippen LogP contribution < -0.4 is 5.32 Å². The Hall–Kier alpha value is -1.38. The van der Waals surface area contributed by atoms with Crippen LogP contribution in [0.1, 0.15) is 43.5 Å². The van der Waals surface area contributed by atoms with Crippen molar-refractivity contribution in [3.05, 3.63) is 30.1 Å². The van der Waals surface area contributed by atoms with Crippen molar-refractivity contribution in [2.24, 2.45) is 5.92 Å². The number of hydrogen-bond donors (Lipinski definition) is 1. The van der Waals surface area contributed by atoms with Crippen molar-refractivity contribution in [1.29, 1.82) is 0 Å². The number of pyridine rings is 1. The number of amides is 1. The van der Waals surface area contributed by atoms with Gasteiger partial charge in [-0.1, -0.05) is 26.7 Å². The summed E-state index contributed by atoms with van der Waals surface area (Å²) in [5.41, 5.74) is 0.631. The molecular weight excluding hydrogens is 200 g/mol. The van der Waals surface area contributed by atoms with Gasteiger partial charge in [0.2, 0.25) is 0 Å². The molecule has 1 rings (SSSR count). The highest BCUT2D eigenvalue weighted by Gasteiger charge is 2.03. The molecule has 0 atom stereocenters. The molecule has 0 saturated heterocycles. The van der Waals surface area contributed by atoms with Gasteiger partial charge in [0.05, 0.1) is 5.56 Å². The van der Waals surface area contributed by atoms with E-state index in [1.807, 2.05) is 0 Å². The number of unbranched alkanes of at least 4 members (excludes halogenated alkanes) is 1. The zero-order valence-corrected chi connectivity index (χ0v) is 10.1. The zero-order valence-electron chi connectivity index (χ0n) is 10.1. The van der Waals surface area contributed by atoms with Crippen LogP contribution >= 0.6 is 0 Å². The van der Waals surface area contributed by atoms with E-state index in [1.165, 1.54) is 12.8 Å². The molecule has 0 bridgehead atoms. The minimum absolute atomic E-state index is 0.0300. The summed E-state index contributed by atoms with van der Waals surface area (Å²) in [7, 11) is 0. The van der Waals surface area contributed by atoms with E-state index in [9.17, 15) is 4.79 Å². The summed E-state index contributed by atoms with van der Waals surface area (Å²) in [6.45, 7) is 5.18. The summed E-state index contributed by atoms with van der Waals surface area (Å²) in [6.07, 6.45) is 6.70. The number of hydrogen-bond acceptors (Lipinski definition) is 2. The Morgan fingerprint density at radius 2 is 2.25 bits per heavy atom. The summed E-state index contributed by atoms with van der Waals surface area (Å²) in [4.78, 5) is 15.5. The van der Waals surface area contributed by atoms with Crippen molar-refractivity contribution in [3.63, 3.8) is 0 Å². The molecule has 1 heterocycles. The van der Waals surface area contributed by atoms with Gasteiger partial charge in [-0.25, -0.2) is 0 Å². The van der Waals surface area contributed by atoms with Crippen LogP contribution in [0, 0.1) is 5.92 Å². The number of carbonyl (C=O) groups is 1. The number of nitrogens with zero attached hydrogens (tertiary/aromatic N) is 1. The van der Waals surface area contributed by atoms with Gasteiger partial charge in [-0.05, 0) is 24.5 Å². The van der Waals surface area contributed by atoms with E-state index in [4.69, 9.17) is 0 Å². The smallest absolute Gasteiger partial charge is 0.252 e. The van der Waals surface area contributed by atoms with Crippen LogP contribution in [0.4, 0.5) is 0 Å². The number of carbonyl (C=O) groups excluding carboxylic acids is 1. The number of nitrogens with one attached hydrogen (secondary N) is 1. The third-order valence-electron chi connectivity index (χ3n) is 2.42. The van der Waals surface area contributed by atoms with Gasteiger partial charge in [0.15, 0.2) is 0 Å². The molecule has 1 aromatic heterocycles. The molecule has 0 radical (unpaired) electrons. The van der Waals surface area contributed by atoms with Crippen LogP contribution in [0.3, 0.4) is 0 Å². The van der Waals surface area contributed by atoms with Gasteiger partial charge in [-0.2, -0.15) is 0 Å². The third-order valence-corrected chi connectivity index (χ3v) is 2.42. The summed E-state index contributed by atoms with van der Waals surface area (Å²) >= 11 is 0. The van der Waals surface area contributed by atoms with Crippen molar-refractivity contribution in [3.8, 4) is 0 Å². The van der Waals surface area contributed by atoms with Gasteiger partial charge in [0.1, 0.15) is 0 Å². The standard InChI is InChI=1S/C13H20N2O/c1-11(2)6-3-4-9-15-13(16)12-7-5-8-14-10-12/h5,7-8,10-11H,3-4,6,9H2,1-2H3,(H,15,16). The molecule has 0 aliphatic heterocycles. The zero-order chi connectivity index (χ0) is 11.8. The van der Waals surface area contributed by atoms with Crippen molar-refractivity contribution < 1.29 is 4.79 Å². The summed E-state index contributed by atoms with van der Waals surface area (Å²) in [6, 6.07) is 3.55. The van der Waals surface area contributed by atoms with E-state index in [1.54, 1.807) is 24.5 Å². The van der Waals surface area contributed by atoms with Crippen LogP contribution in [0.2, 0.25) is 0 Å². The molecule has 3 nitrogen and oxygen atoms in total. The predicted octanol–water partition coefficient (Wildman–Crippen LogP) is 2.64. The third kappa shape index (κ3) is 4.91. The first kappa shape index (κ1) is 12.7. The van der Waals surface area contributed by atoms with E-state index in [0.29, 0.717) is 5.56 Å². The molecule has 0 aromatic carbocycles. The largest absolute Gasteiger partial charge is 0.352 e. The molecule has 0 spiro atoms. The van der Waals surface area contributed by atoms with E-state index >= 15 is 0 Å². The quantitative estimate of drug-likeness (QED) is 0.749. The lowest BCUT2D eigenvalue weighted by Crippen LogP contribution is -2.24. The lowest BCUT2D eigenvalue weighted by molar-refractivity contribution is 0.0952. The van der Waals surface area contributed by atoms with Crippen molar-refractivity contribution in [2.75, 3.05) is 6.54 Å². The second-order valence-electron chi connectivity index (χ2n) is 4.39. The fourth-order valence-electron chi connectivity index (χ4n) is 1.48. The average molecular weight is 220 g/mol. The Labute approximate surface area is 97.3 Å². The monoisotopic (exact) mass is 220 g/mol. The van der Waals surface area contributed by atoms with Crippen molar-refractivity contribution in [2.45, 2.75) is 33.1 Å². The first-order chi connectivity index (χ1) is 7.70. The van der Waals surface area contributed by atoms with Gasteiger partial charge in [0.25, 0.3) is 5.91 Å². The Morgan fingerprint density at radius 3 is 2.88 bits per heavy atom. The van der Waals surface area contributed by atoms with E-state index in [-0.39, 0.29) is 5.91 Å². The Bertz CT molecular complexity index is 309. The van der Waals surface area contributed by atoms with Crippen LogP contribution in [-0.4, -0.2) is 17.4 Å². The highest BCUT2D eigenvalue weighted by Crippen LogP contribution is 2.05. The van der Waals surface area contributed by atoms with Gasteiger partial charge in [0, 0.05) is 18.9 Å². The fourth-order valence-corrected chi connectivity index (χ4v) is 1.48. The van der Waals surface area contributed by atoms with Gasteiger partial charge >= 0.3 is 0 Å². The Balaban J connectivity index is 2.16. The van der Waals surface area contributed by atoms with Crippen LogP contribution in [-0.2, 0) is 0 Å². The SMILES string of the molecule is CC(C)CCCCNC(=O)c1cccnc1. The Kier molecular flexibility index (Phi) is 5.54. The first-order valence-electron chi connectivity index (χ1n) is 5.88. The van der Waals surface area contributed by atoms with E-state index < -0.39 is 0 Å². The highest BCUT2D eigenvalue weighted by atomic mass is 16.1. The number of rotatable bonds is 6. The summed E-state index contributed by atoms with van der Waals surface area (Å²) < 4.78 is 0. The summed E-state index contributed by atoms with van der Waals surface area (Å²) in [5, 5.41) is 2.89. The maximum absolute atomic E-state index is 11.6. The average Bonchev–Trinajstić information content (AvgIpc) is 2.29. The summed E-state index contributed by atoms with van der Waals surface area (Å²) in [5.74, 6) is 0.715. The molecule has 0 fully saturated rings. The van der Waals surface area contributed by atoms with Gasteiger partial charge in [-0.3, -0.25) is 9.78 Å². The van der Waals surface area contributed by atoms with Gasteiger partial charge in [-0.15, -0.1) is 0 Å². The second-order valence-corrected chi connectivity index (χ2v) is 4.39. The molecule has 88 valence electrons. The van der Waals surface area contributed by atoms with E-state index in [0.717, 1.165) is 18.9 Å². The predicted molar refractivity (Wildman–Crippen MR) is 65.3 cm³/mol. The van der Waals surface area contributed by atoms with Gasteiger partial charge < -0.3 is 5.32 Å². The Morgan fingerprint density at radius 1 is 1.44 bits per heavy atom. The first-order valence-corrected chi connectivity index (χ1v) is 5.88. The molecule has 16 heavy (non-hydrogen) atoms. The molecule has 1 amide bonds. The van der Waals surface area contributed by atoms with Crippen molar-refractivity contribution >= 4 is 5.91 Å². The van der Waals surface area contributed by atoms with Crippen molar-refractivity contribution in [1.82, 2.24) is 10.3 Å². The maximum atomic E-state index is 11.6. The molecule has 0 unspecified atom stereocenters. The van der Waals surface area contributed by atoms with E-state index in [2.05, 4.69) is 24.1 Å². The molecule has 1 aromatic rings. The fraction of sp³-hybridized carbons (Fsp3) is 0.538. The minimum Gasteiger partial charge on any atom is -0.352 e. The molecule has 3 heteroatoms. The lowest BCUT2D eigenvalue weighted by Gasteiger charge is -2.06. The van der Waals surface area contributed by atoms with Crippen LogP contribution in [0.5, 0.6) is 0 Å². The topological polar surface area (TPSA) is 42.0 Å². The van der Waals surface area contributed by atoms with Crippen LogP contribution in [0.25, 0.3) is 0 Å². The molecule has 0 aliphatic carbocycles. The molecule has 0 aliphatic rings. The molecule has 0 saturated carbocycles. The second kappa shape index (κ2) is 6.99. The molecular formula is C13H20N2O. The van der Waals surface area contributed by atoms with Crippen LogP contribution in [0.15, 0.2) is 24.5 Å². The minimum atomic E-state index is -0.0300. The highest BCUT2D eigenvalue weighted by molar-refractivity contribution is 5.93. The maximum Gasteiger partial charge on any atom is 0.252 e. The molecule has 1 N–H and O–H groups in total. The number of aromatic nitrogens is 1. The normalized spacial score (nSPS) is 10.4. The lowest BCUT2D eigenvalue weighted by atomic mass is 10.1.